The first kappa shape index (κ1) is 23.7. The van der Waals surface area contributed by atoms with Crippen LogP contribution in [0.4, 0.5) is 0 Å². The van der Waals surface area contributed by atoms with Gasteiger partial charge in [0.1, 0.15) is 12.1 Å². The molecule has 0 unspecified atom stereocenters. The van der Waals surface area contributed by atoms with Gasteiger partial charge >= 0.3 is 5.97 Å². The largest absolute Gasteiger partial charge is 0.480 e. The van der Waals surface area contributed by atoms with Crippen molar-refractivity contribution in [3.8, 4) is 0 Å². The summed E-state index contributed by atoms with van der Waals surface area (Å²) in [6, 6.07) is -3.68. The first-order valence-electron chi connectivity index (χ1n) is 7.73. The number of hydrogen-bond donors (Lipinski definition) is 6. The lowest BCUT2D eigenvalue weighted by molar-refractivity contribution is -0.142. The van der Waals surface area contributed by atoms with Crippen molar-refractivity contribution in [2.75, 3.05) is 12.0 Å². The number of rotatable bonds is 13. The molecule has 0 saturated carbocycles. The number of hydrogen-bond acceptors (Lipinski definition) is 7. The van der Waals surface area contributed by atoms with Gasteiger partial charge in [-0.2, -0.15) is 11.8 Å². The van der Waals surface area contributed by atoms with E-state index in [-0.39, 0.29) is 12.8 Å². The number of primary amides is 2. The molecule has 3 atom stereocenters. The van der Waals surface area contributed by atoms with E-state index in [9.17, 15) is 24.0 Å². The summed E-state index contributed by atoms with van der Waals surface area (Å²) in [4.78, 5) is 57.4. The third-order valence-corrected chi connectivity index (χ3v) is 3.95. The van der Waals surface area contributed by atoms with E-state index in [0.29, 0.717) is 12.2 Å². The Bertz CT molecular complexity index is 544. The number of carbonyl (C=O) groups is 5. The highest BCUT2D eigenvalue weighted by atomic mass is 32.2. The van der Waals surface area contributed by atoms with Crippen LogP contribution in [0.25, 0.3) is 0 Å². The predicted molar refractivity (Wildman–Crippen MR) is 94.7 cm³/mol. The number of nitrogens with two attached hydrogens (primary N) is 3. The van der Waals surface area contributed by atoms with Gasteiger partial charge in [-0.3, -0.25) is 19.2 Å². The van der Waals surface area contributed by atoms with Crippen molar-refractivity contribution in [3.63, 3.8) is 0 Å². The SMILES string of the molecule is CSCC[C@H](N)C(=O)N[C@@H](CC(N)=O)C(=O)N[C@@H](CCC(N)=O)C(=O)O. The fraction of sp³-hybridized carbons (Fsp3) is 0.643. The van der Waals surface area contributed by atoms with Gasteiger partial charge in [-0.25, -0.2) is 4.79 Å². The Balaban J connectivity index is 5.00. The van der Waals surface area contributed by atoms with Crippen LogP contribution in [-0.2, 0) is 24.0 Å². The molecule has 0 saturated heterocycles. The first-order valence-corrected chi connectivity index (χ1v) is 9.12. The Labute approximate surface area is 154 Å². The summed E-state index contributed by atoms with van der Waals surface area (Å²) in [5.74, 6) is -3.95. The molecule has 0 radical (unpaired) electrons. The summed E-state index contributed by atoms with van der Waals surface area (Å²) in [5.41, 5.74) is 15.7. The molecule has 148 valence electrons. The Morgan fingerprint density at radius 3 is 2.00 bits per heavy atom. The molecule has 0 aliphatic rings. The van der Waals surface area contributed by atoms with Crippen LogP contribution in [0.3, 0.4) is 0 Å². The van der Waals surface area contributed by atoms with Gasteiger partial charge in [0.15, 0.2) is 0 Å². The first-order chi connectivity index (χ1) is 12.1. The highest BCUT2D eigenvalue weighted by molar-refractivity contribution is 7.98. The van der Waals surface area contributed by atoms with Crippen molar-refractivity contribution < 1.29 is 29.1 Å². The topological polar surface area (TPSA) is 208 Å². The van der Waals surface area contributed by atoms with E-state index in [2.05, 4.69) is 10.6 Å². The molecule has 9 N–H and O–H groups in total. The average molecular weight is 391 g/mol. The van der Waals surface area contributed by atoms with Crippen LogP contribution in [0, 0.1) is 0 Å². The smallest absolute Gasteiger partial charge is 0.326 e. The van der Waals surface area contributed by atoms with E-state index >= 15 is 0 Å². The highest BCUT2D eigenvalue weighted by Crippen LogP contribution is 2.03. The van der Waals surface area contributed by atoms with Crippen LogP contribution in [0.1, 0.15) is 25.7 Å². The van der Waals surface area contributed by atoms with Gasteiger partial charge in [0, 0.05) is 6.42 Å². The Morgan fingerprint density at radius 1 is 0.962 bits per heavy atom. The quantitative estimate of drug-likeness (QED) is 0.193. The lowest BCUT2D eigenvalue weighted by Crippen LogP contribution is -2.55. The van der Waals surface area contributed by atoms with Crippen molar-refractivity contribution in [1.82, 2.24) is 10.6 Å². The molecule has 12 heteroatoms. The fourth-order valence-electron chi connectivity index (χ4n) is 1.88. The van der Waals surface area contributed by atoms with Gasteiger partial charge in [-0.1, -0.05) is 0 Å². The van der Waals surface area contributed by atoms with Gasteiger partial charge in [-0.05, 0) is 24.9 Å². The second-order valence-corrected chi connectivity index (χ2v) is 6.51. The minimum atomic E-state index is -1.41. The van der Waals surface area contributed by atoms with E-state index in [1.165, 1.54) is 11.8 Å². The van der Waals surface area contributed by atoms with Crippen molar-refractivity contribution in [2.45, 2.75) is 43.8 Å². The third-order valence-electron chi connectivity index (χ3n) is 3.30. The predicted octanol–water partition coefficient (Wildman–Crippen LogP) is -2.74. The number of carbonyl (C=O) groups excluding carboxylic acids is 4. The van der Waals surface area contributed by atoms with E-state index in [1.54, 1.807) is 0 Å². The molecule has 0 bridgehead atoms. The number of nitrogens with one attached hydrogen (secondary N) is 2. The molecule has 0 heterocycles. The molecule has 0 rings (SSSR count). The maximum Gasteiger partial charge on any atom is 0.326 e. The number of aliphatic carboxylic acids is 1. The normalized spacial score (nSPS) is 13.9. The molecule has 0 aliphatic carbocycles. The molecule has 4 amide bonds. The summed E-state index contributed by atoms with van der Waals surface area (Å²) < 4.78 is 0. The van der Waals surface area contributed by atoms with E-state index in [0.717, 1.165) is 0 Å². The summed E-state index contributed by atoms with van der Waals surface area (Å²) in [6.45, 7) is 0. The van der Waals surface area contributed by atoms with Crippen LogP contribution in [0.5, 0.6) is 0 Å². The lowest BCUT2D eigenvalue weighted by atomic mass is 10.1. The number of amides is 4. The van der Waals surface area contributed by atoms with Crippen molar-refractivity contribution >= 4 is 41.4 Å². The molecule has 0 aromatic rings. The van der Waals surface area contributed by atoms with E-state index in [1.807, 2.05) is 6.26 Å². The summed E-state index contributed by atoms with van der Waals surface area (Å²) in [7, 11) is 0. The maximum absolute atomic E-state index is 12.3. The molecule has 26 heavy (non-hydrogen) atoms. The van der Waals surface area contributed by atoms with Crippen molar-refractivity contribution in [1.29, 1.82) is 0 Å². The summed E-state index contributed by atoms with van der Waals surface area (Å²) in [6.07, 6.45) is 1.17. The van der Waals surface area contributed by atoms with Crippen molar-refractivity contribution in [3.05, 3.63) is 0 Å². The molecule has 0 aliphatic heterocycles. The van der Waals surface area contributed by atoms with Crippen LogP contribution in [0.15, 0.2) is 0 Å². The van der Waals surface area contributed by atoms with E-state index in [4.69, 9.17) is 22.3 Å². The standard InChI is InChI=1S/C14H25N5O6S/c1-26-5-4-7(15)12(22)19-9(6-11(17)21)13(23)18-8(14(24)25)2-3-10(16)20/h7-9H,2-6,15H2,1H3,(H2,16,20)(H2,17,21)(H,18,23)(H,19,22)(H,24,25)/t7-,8-,9-/m0/s1. The molecule has 11 nitrogen and oxygen atoms in total. The zero-order valence-corrected chi connectivity index (χ0v) is 15.2. The van der Waals surface area contributed by atoms with E-state index < -0.39 is 54.1 Å². The summed E-state index contributed by atoms with van der Waals surface area (Å²) in [5, 5.41) is 13.5. The fourth-order valence-corrected chi connectivity index (χ4v) is 2.37. The molecule has 0 fully saturated rings. The minimum absolute atomic E-state index is 0.235. The Hall–Kier alpha value is -2.34. The van der Waals surface area contributed by atoms with Gasteiger partial charge in [-0.15, -0.1) is 0 Å². The zero-order valence-electron chi connectivity index (χ0n) is 14.4. The van der Waals surface area contributed by atoms with Crippen molar-refractivity contribution in [2.24, 2.45) is 17.2 Å². The molecule has 0 aromatic heterocycles. The third kappa shape index (κ3) is 9.84. The monoisotopic (exact) mass is 391 g/mol. The Morgan fingerprint density at radius 2 is 1.54 bits per heavy atom. The molecular weight excluding hydrogens is 366 g/mol. The molecule has 0 spiro atoms. The second-order valence-electron chi connectivity index (χ2n) is 5.52. The van der Waals surface area contributed by atoms with Gasteiger partial charge in [0.2, 0.25) is 23.6 Å². The number of carboxylic acid groups (broad SMARTS) is 1. The minimum Gasteiger partial charge on any atom is -0.480 e. The second kappa shape index (κ2) is 12.1. The van der Waals surface area contributed by atoms with Crippen LogP contribution >= 0.6 is 11.8 Å². The van der Waals surface area contributed by atoms with Gasteiger partial charge < -0.3 is 32.9 Å². The van der Waals surface area contributed by atoms with Crippen LogP contribution in [-0.4, -0.2) is 64.8 Å². The van der Waals surface area contributed by atoms with Gasteiger partial charge in [0.25, 0.3) is 0 Å². The maximum atomic E-state index is 12.3. The Kier molecular flexibility index (Phi) is 11.0. The zero-order chi connectivity index (χ0) is 20.3. The summed E-state index contributed by atoms with van der Waals surface area (Å²) >= 11 is 1.49. The van der Waals surface area contributed by atoms with Crippen LogP contribution < -0.4 is 27.8 Å². The number of thioether (sulfide) groups is 1. The lowest BCUT2D eigenvalue weighted by Gasteiger charge is -2.22. The highest BCUT2D eigenvalue weighted by Gasteiger charge is 2.29. The average Bonchev–Trinajstić information content (AvgIpc) is 2.54. The van der Waals surface area contributed by atoms with Gasteiger partial charge in [0.05, 0.1) is 12.5 Å². The number of carboxylic acids is 1. The molecule has 0 aromatic carbocycles. The van der Waals surface area contributed by atoms with Crippen LogP contribution in [0.2, 0.25) is 0 Å². The molecular formula is C14H25N5O6S.